The first-order chi connectivity index (χ1) is 6.88. The molecule has 0 aliphatic carbocycles. The van der Waals surface area contributed by atoms with Crippen molar-refractivity contribution in [1.82, 2.24) is 4.98 Å². The van der Waals surface area contributed by atoms with E-state index in [1.54, 1.807) is 0 Å². The standard InChI is InChI=1S/C8H5ClF3NO2/c9-5-1-2-6(13-3-5)7(14)15-4-8(10,11)12/h1-3H,4H2. The van der Waals surface area contributed by atoms with Crippen LogP contribution in [0, 0.1) is 0 Å². The fraction of sp³-hybridized carbons (Fsp3) is 0.250. The number of carbonyl (C=O) groups excluding carboxylic acids is 1. The van der Waals surface area contributed by atoms with Crippen LogP contribution >= 0.6 is 11.6 Å². The molecule has 0 saturated carbocycles. The zero-order chi connectivity index (χ0) is 11.5. The van der Waals surface area contributed by atoms with E-state index in [1.807, 2.05) is 0 Å². The molecule has 0 spiro atoms. The molecule has 1 rings (SSSR count). The van der Waals surface area contributed by atoms with E-state index >= 15 is 0 Å². The second-order valence-corrected chi connectivity index (χ2v) is 2.99. The van der Waals surface area contributed by atoms with Crippen LogP contribution in [0.25, 0.3) is 0 Å². The van der Waals surface area contributed by atoms with Gasteiger partial charge < -0.3 is 4.74 Å². The van der Waals surface area contributed by atoms with Gasteiger partial charge in [0.1, 0.15) is 5.69 Å². The fourth-order valence-electron chi connectivity index (χ4n) is 0.718. The third-order valence-electron chi connectivity index (χ3n) is 1.30. The van der Waals surface area contributed by atoms with Gasteiger partial charge in [0, 0.05) is 6.20 Å². The topological polar surface area (TPSA) is 39.2 Å². The maximum Gasteiger partial charge on any atom is 0.422 e. The van der Waals surface area contributed by atoms with Crippen LogP contribution < -0.4 is 0 Å². The number of hydrogen-bond donors (Lipinski definition) is 0. The summed E-state index contributed by atoms with van der Waals surface area (Å²) in [6, 6.07) is 2.51. The minimum Gasteiger partial charge on any atom is -0.451 e. The highest BCUT2D eigenvalue weighted by atomic mass is 35.5. The molecule has 15 heavy (non-hydrogen) atoms. The Hall–Kier alpha value is -1.30. The number of pyridine rings is 1. The van der Waals surface area contributed by atoms with E-state index in [0.717, 1.165) is 6.20 Å². The minimum atomic E-state index is -4.54. The molecule has 0 fully saturated rings. The first-order valence-corrected chi connectivity index (χ1v) is 4.12. The van der Waals surface area contributed by atoms with E-state index in [2.05, 4.69) is 9.72 Å². The lowest BCUT2D eigenvalue weighted by molar-refractivity contribution is -0.161. The Kier molecular flexibility index (Phi) is 3.52. The summed E-state index contributed by atoms with van der Waals surface area (Å²) in [7, 11) is 0. The molecule has 0 aliphatic rings. The van der Waals surface area contributed by atoms with Crippen LogP contribution in [0.5, 0.6) is 0 Å². The summed E-state index contributed by atoms with van der Waals surface area (Å²) in [5.74, 6) is -1.14. The molecule has 0 radical (unpaired) electrons. The van der Waals surface area contributed by atoms with Crippen LogP contribution in [-0.4, -0.2) is 23.7 Å². The number of ether oxygens (including phenoxy) is 1. The average Bonchev–Trinajstić information content (AvgIpc) is 2.14. The van der Waals surface area contributed by atoms with Gasteiger partial charge in [-0.25, -0.2) is 9.78 Å². The van der Waals surface area contributed by atoms with Gasteiger partial charge in [0.25, 0.3) is 0 Å². The molecule has 1 aromatic heterocycles. The summed E-state index contributed by atoms with van der Waals surface area (Å²) in [5.41, 5.74) is -0.219. The van der Waals surface area contributed by atoms with Crippen LogP contribution in [0.1, 0.15) is 10.5 Å². The van der Waals surface area contributed by atoms with Crippen molar-refractivity contribution in [3.05, 3.63) is 29.0 Å². The lowest BCUT2D eigenvalue weighted by atomic mass is 10.3. The Balaban J connectivity index is 2.58. The number of halogens is 4. The van der Waals surface area contributed by atoms with Gasteiger partial charge >= 0.3 is 12.1 Å². The van der Waals surface area contributed by atoms with E-state index in [9.17, 15) is 18.0 Å². The predicted molar refractivity (Wildman–Crippen MR) is 45.6 cm³/mol. The second-order valence-electron chi connectivity index (χ2n) is 2.55. The van der Waals surface area contributed by atoms with Crippen molar-refractivity contribution in [2.75, 3.05) is 6.61 Å². The van der Waals surface area contributed by atoms with Gasteiger partial charge in [0.2, 0.25) is 0 Å². The SMILES string of the molecule is O=C(OCC(F)(F)F)c1ccc(Cl)cn1. The van der Waals surface area contributed by atoms with E-state index in [1.165, 1.54) is 12.1 Å². The van der Waals surface area contributed by atoms with Crippen LogP contribution in [-0.2, 0) is 4.74 Å². The van der Waals surface area contributed by atoms with Gasteiger partial charge in [-0.1, -0.05) is 11.6 Å². The van der Waals surface area contributed by atoms with Crippen LogP contribution in [0.15, 0.2) is 18.3 Å². The Morgan fingerprint density at radius 2 is 2.13 bits per heavy atom. The van der Waals surface area contributed by atoms with Crippen molar-refractivity contribution in [1.29, 1.82) is 0 Å². The van der Waals surface area contributed by atoms with Gasteiger partial charge in [-0.3, -0.25) is 0 Å². The fourth-order valence-corrected chi connectivity index (χ4v) is 0.830. The monoisotopic (exact) mass is 239 g/mol. The summed E-state index contributed by atoms with van der Waals surface area (Å²) in [4.78, 5) is 14.5. The highest BCUT2D eigenvalue weighted by molar-refractivity contribution is 6.30. The molecule has 0 saturated heterocycles. The smallest absolute Gasteiger partial charge is 0.422 e. The molecule has 1 heterocycles. The predicted octanol–water partition coefficient (Wildman–Crippen LogP) is 2.45. The van der Waals surface area contributed by atoms with Crippen molar-refractivity contribution in [3.63, 3.8) is 0 Å². The molecule has 3 nitrogen and oxygen atoms in total. The van der Waals surface area contributed by atoms with Crippen LogP contribution in [0.3, 0.4) is 0 Å². The van der Waals surface area contributed by atoms with Crippen molar-refractivity contribution >= 4 is 17.6 Å². The van der Waals surface area contributed by atoms with Gasteiger partial charge in [-0.05, 0) is 12.1 Å². The molecule has 0 aromatic carbocycles. The lowest BCUT2D eigenvalue weighted by Gasteiger charge is -2.06. The summed E-state index contributed by atoms with van der Waals surface area (Å²) >= 11 is 5.47. The number of nitrogens with zero attached hydrogens (tertiary/aromatic N) is 1. The molecule has 7 heteroatoms. The average molecular weight is 240 g/mol. The third-order valence-corrected chi connectivity index (χ3v) is 1.53. The highest BCUT2D eigenvalue weighted by Gasteiger charge is 2.29. The van der Waals surface area contributed by atoms with Crippen LogP contribution in [0.4, 0.5) is 13.2 Å². The molecule has 1 aromatic rings. The van der Waals surface area contributed by atoms with Crippen LogP contribution in [0.2, 0.25) is 5.02 Å². The Labute approximate surface area is 87.8 Å². The summed E-state index contributed by atoms with van der Waals surface area (Å²) < 4.78 is 39.0. The number of esters is 1. The van der Waals surface area contributed by atoms with Gasteiger partial charge in [-0.15, -0.1) is 0 Å². The molecular formula is C8H5ClF3NO2. The largest absolute Gasteiger partial charge is 0.451 e. The maximum atomic E-state index is 11.7. The molecule has 0 atom stereocenters. The lowest BCUT2D eigenvalue weighted by Crippen LogP contribution is -2.20. The molecule has 0 bridgehead atoms. The summed E-state index contributed by atoms with van der Waals surface area (Å²) in [6.45, 7) is -1.63. The van der Waals surface area contributed by atoms with Crippen molar-refractivity contribution in [3.8, 4) is 0 Å². The Bertz CT molecular complexity index is 350. The normalized spacial score (nSPS) is 11.2. The Morgan fingerprint density at radius 3 is 2.60 bits per heavy atom. The molecule has 0 N–H and O–H groups in total. The zero-order valence-corrected chi connectivity index (χ0v) is 7.97. The quantitative estimate of drug-likeness (QED) is 0.744. The molecule has 82 valence electrons. The summed E-state index contributed by atoms with van der Waals surface area (Å²) in [5, 5.41) is 0.280. The van der Waals surface area contributed by atoms with E-state index < -0.39 is 18.8 Å². The second kappa shape index (κ2) is 4.48. The van der Waals surface area contributed by atoms with Crippen molar-refractivity contribution in [2.24, 2.45) is 0 Å². The van der Waals surface area contributed by atoms with Gasteiger partial charge in [-0.2, -0.15) is 13.2 Å². The highest BCUT2D eigenvalue weighted by Crippen LogP contribution is 2.15. The number of rotatable bonds is 2. The minimum absolute atomic E-state index is 0.219. The number of aromatic nitrogens is 1. The molecular weight excluding hydrogens is 235 g/mol. The molecule has 0 amide bonds. The third kappa shape index (κ3) is 4.16. The van der Waals surface area contributed by atoms with Crippen molar-refractivity contribution < 1.29 is 22.7 Å². The van der Waals surface area contributed by atoms with E-state index in [0.29, 0.717) is 0 Å². The zero-order valence-electron chi connectivity index (χ0n) is 7.21. The number of carbonyl (C=O) groups is 1. The maximum absolute atomic E-state index is 11.7. The molecule has 0 unspecified atom stereocenters. The first-order valence-electron chi connectivity index (χ1n) is 3.74. The first kappa shape index (κ1) is 11.8. The number of alkyl halides is 3. The van der Waals surface area contributed by atoms with Gasteiger partial charge in [0.05, 0.1) is 5.02 Å². The number of hydrogen-bond acceptors (Lipinski definition) is 3. The molecule has 0 aliphatic heterocycles. The van der Waals surface area contributed by atoms with E-state index in [-0.39, 0.29) is 10.7 Å². The van der Waals surface area contributed by atoms with Crippen molar-refractivity contribution in [2.45, 2.75) is 6.18 Å². The Morgan fingerprint density at radius 1 is 1.47 bits per heavy atom. The summed E-state index contributed by atoms with van der Waals surface area (Å²) in [6.07, 6.45) is -3.40. The van der Waals surface area contributed by atoms with Gasteiger partial charge in [0.15, 0.2) is 6.61 Å². The van der Waals surface area contributed by atoms with E-state index in [4.69, 9.17) is 11.6 Å².